The molecule has 3 nitrogen and oxygen atoms in total. The zero-order valence-corrected chi connectivity index (χ0v) is 15.4. The van der Waals surface area contributed by atoms with Crippen LogP contribution in [0.1, 0.15) is 48.2 Å². The average Bonchev–Trinajstić information content (AvgIpc) is 2.95. The Morgan fingerprint density at radius 3 is 3.05 bits per heavy atom. The summed E-state index contributed by atoms with van der Waals surface area (Å²) < 4.78 is 1.39. The molecule has 0 saturated heterocycles. The lowest BCUT2D eigenvalue weighted by atomic mass is 9.94. The van der Waals surface area contributed by atoms with E-state index >= 15 is 0 Å². The van der Waals surface area contributed by atoms with Crippen LogP contribution in [0.2, 0.25) is 0 Å². The van der Waals surface area contributed by atoms with Gasteiger partial charge in [-0.05, 0) is 59.4 Å². The molecule has 0 radical (unpaired) electrons. The molecule has 108 valence electrons. The standard InChI is InChI=1S/C14H18IN3S2/c1-8(2)6-13-17-18-14(20-13)16-10-4-3-5-11-9(10)7-12(15)19-11/h7-8,10H,3-6H2,1-2H3,(H,16,18). The van der Waals surface area contributed by atoms with Gasteiger partial charge in [0, 0.05) is 11.3 Å². The van der Waals surface area contributed by atoms with Gasteiger partial charge in [0.2, 0.25) is 5.13 Å². The first-order valence-electron chi connectivity index (χ1n) is 6.99. The number of fused-ring (bicyclic) bond motifs is 1. The summed E-state index contributed by atoms with van der Waals surface area (Å²) in [4.78, 5) is 1.55. The van der Waals surface area contributed by atoms with Gasteiger partial charge in [0.25, 0.3) is 0 Å². The van der Waals surface area contributed by atoms with E-state index in [4.69, 9.17) is 0 Å². The van der Waals surface area contributed by atoms with Crippen molar-refractivity contribution in [3.05, 3.63) is 24.4 Å². The summed E-state index contributed by atoms with van der Waals surface area (Å²) in [5.41, 5.74) is 1.48. The number of anilines is 1. The predicted octanol–water partition coefficient (Wildman–Crippen LogP) is 4.89. The summed E-state index contributed by atoms with van der Waals surface area (Å²) in [6.45, 7) is 4.43. The molecule has 0 bridgehead atoms. The topological polar surface area (TPSA) is 37.8 Å². The van der Waals surface area contributed by atoms with Crippen LogP contribution in [0, 0.1) is 8.80 Å². The Morgan fingerprint density at radius 1 is 1.40 bits per heavy atom. The molecule has 1 N–H and O–H groups in total. The van der Waals surface area contributed by atoms with Crippen LogP contribution in [0.5, 0.6) is 0 Å². The highest BCUT2D eigenvalue weighted by Crippen LogP contribution is 2.38. The van der Waals surface area contributed by atoms with Crippen LogP contribution in [0.3, 0.4) is 0 Å². The van der Waals surface area contributed by atoms with Crippen LogP contribution < -0.4 is 5.32 Å². The lowest BCUT2D eigenvalue weighted by molar-refractivity contribution is 0.607. The molecule has 2 heterocycles. The predicted molar refractivity (Wildman–Crippen MR) is 94.8 cm³/mol. The maximum atomic E-state index is 4.30. The van der Waals surface area contributed by atoms with E-state index in [1.54, 1.807) is 16.2 Å². The second kappa shape index (κ2) is 6.27. The highest BCUT2D eigenvalue weighted by atomic mass is 127. The van der Waals surface area contributed by atoms with Gasteiger partial charge in [-0.3, -0.25) is 0 Å². The van der Waals surface area contributed by atoms with Crippen LogP contribution in [0.4, 0.5) is 5.13 Å². The van der Waals surface area contributed by atoms with E-state index in [1.165, 1.54) is 27.7 Å². The highest BCUT2D eigenvalue weighted by Gasteiger charge is 2.23. The summed E-state index contributed by atoms with van der Waals surface area (Å²) in [5.74, 6) is 0.635. The zero-order chi connectivity index (χ0) is 14.1. The molecule has 2 aromatic heterocycles. The lowest BCUT2D eigenvalue weighted by Gasteiger charge is -2.22. The normalized spacial score (nSPS) is 18.3. The van der Waals surface area contributed by atoms with E-state index in [0.29, 0.717) is 12.0 Å². The monoisotopic (exact) mass is 419 g/mol. The number of aryl methyl sites for hydroxylation is 1. The minimum Gasteiger partial charge on any atom is -0.353 e. The molecule has 0 fully saturated rings. The maximum absolute atomic E-state index is 4.30. The smallest absolute Gasteiger partial charge is 0.206 e. The molecule has 1 atom stereocenters. The molecule has 1 aliphatic carbocycles. The van der Waals surface area contributed by atoms with Crippen LogP contribution in [0.25, 0.3) is 0 Å². The van der Waals surface area contributed by atoms with Crippen LogP contribution in [-0.4, -0.2) is 10.2 Å². The van der Waals surface area contributed by atoms with E-state index in [-0.39, 0.29) is 0 Å². The minimum atomic E-state index is 0.415. The van der Waals surface area contributed by atoms with E-state index in [9.17, 15) is 0 Å². The summed E-state index contributed by atoms with van der Waals surface area (Å²) in [6, 6.07) is 2.74. The minimum absolute atomic E-state index is 0.415. The molecular formula is C14H18IN3S2. The molecule has 0 saturated carbocycles. The molecule has 0 aromatic carbocycles. The van der Waals surface area contributed by atoms with Gasteiger partial charge in [0.05, 0.1) is 8.93 Å². The fourth-order valence-electron chi connectivity index (χ4n) is 2.56. The van der Waals surface area contributed by atoms with Crippen molar-refractivity contribution in [2.45, 2.75) is 45.6 Å². The molecule has 1 unspecified atom stereocenters. The summed E-state index contributed by atoms with van der Waals surface area (Å²) in [6.07, 6.45) is 4.71. The molecule has 0 aliphatic heterocycles. The maximum Gasteiger partial charge on any atom is 0.206 e. The number of hydrogen-bond donors (Lipinski definition) is 1. The summed E-state index contributed by atoms with van der Waals surface area (Å²) in [7, 11) is 0. The Labute approximate surface area is 141 Å². The lowest BCUT2D eigenvalue weighted by Crippen LogP contribution is -2.15. The average molecular weight is 419 g/mol. The van der Waals surface area contributed by atoms with Gasteiger partial charge < -0.3 is 5.32 Å². The first kappa shape index (κ1) is 14.7. The van der Waals surface area contributed by atoms with E-state index in [0.717, 1.165) is 16.6 Å². The van der Waals surface area contributed by atoms with Crippen molar-refractivity contribution < 1.29 is 0 Å². The van der Waals surface area contributed by atoms with Gasteiger partial charge >= 0.3 is 0 Å². The van der Waals surface area contributed by atoms with Crippen LogP contribution in [-0.2, 0) is 12.8 Å². The van der Waals surface area contributed by atoms with Crippen molar-refractivity contribution in [2.24, 2.45) is 5.92 Å². The fraction of sp³-hybridized carbons (Fsp3) is 0.571. The Balaban J connectivity index is 1.73. The highest BCUT2D eigenvalue weighted by molar-refractivity contribution is 14.1. The first-order valence-corrected chi connectivity index (χ1v) is 9.70. The molecule has 1 aliphatic rings. The van der Waals surface area contributed by atoms with E-state index in [1.807, 2.05) is 11.3 Å². The van der Waals surface area contributed by atoms with E-state index in [2.05, 4.69) is 58.0 Å². The third-order valence-electron chi connectivity index (χ3n) is 3.43. The second-order valence-corrected chi connectivity index (χ2v) is 9.71. The Hall–Kier alpha value is -0.210. The molecule has 0 amide bonds. The van der Waals surface area contributed by atoms with E-state index < -0.39 is 0 Å². The van der Waals surface area contributed by atoms with Crippen molar-refractivity contribution >= 4 is 50.4 Å². The second-order valence-electron chi connectivity index (χ2n) is 5.62. The number of nitrogens with one attached hydrogen (secondary N) is 1. The third kappa shape index (κ3) is 3.33. The zero-order valence-electron chi connectivity index (χ0n) is 11.6. The number of nitrogens with zero attached hydrogens (tertiary/aromatic N) is 2. The van der Waals surface area contributed by atoms with Gasteiger partial charge in [-0.1, -0.05) is 25.2 Å². The Kier molecular flexibility index (Phi) is 4.62. The summed E-state index contributed by atoms with van der Waals surface area (Å²) in [5, 5.41) is 14.3. The van der Waals surface area contributed by atoms with Gasteiger partial charge in [-0.25, -0.2) is 0 Å². The molecule has 20 heavy (non-hydrogen) atoms. The van der Waals surface area contributed by atoms with Crippen molar-refractivity contribution in [3.8, 4) is 0 Å². The number of aromatic nitrogens is 2. The van der Waals surface area contributed by atoms with Crippen LogP contribution >= 0.6 is 45.3 Å². The third-order valence-corrected chi connectivity index (χ3v) is 6.28. The molecular weight excluding hydrogens is 401 g/mol. The van der Waals surface area contributed by atoms with Gasteiger partial charge in [0.1, 0.15) is 5.01 Å². The van der Waals surface area contributed by atoms with Crippen molar-refractivity contribution in [1.82, 2.24) is 10.2 Å². The molecule has 3 rings (SSSR count). The Morgan fingerprint density at radius 2 is 2.25 bits per heavy atom. The Bertz CT molecular complexity index is 591. The SMILES string of the molecule is CC(C)Cc1nnc(NC2CCCc3sc(I)cc32)s1. The number of halogens is 1. The molecule has 2 aromatic rings. The van der Waals surface area contributed by atoms with Gasteiger partial charge in [-0.2, -0.15) is 0 Å². The number of hydrogen-bond acceptors (Lipinski definition) is 5. The molecule has 0 spiro atoms. The van der Waals surface area contributed by atoms with Crippen molar-refractivity contribution in [1.29, 1.82) is 0 Å². The molecule has 6 heteroatoms. The largest absolute Gasteiger partial charge is 0.353 e. The fourth-order valence-corrected chi connectivity index (χ4v) is 5.69. The van der Waals surface area contributed by atoms with Crippen LogP contribution in [0.15, 0.2) is 6.07 Å². The van der Waals surface area contributed by atoms with Gasteiger partial charge in [0.15, 0.2) is 0 Å². The quantitative estimate of drug-likeness (QED) is 0.717. The van der Waals surface area contributed by atoms with Crippen molar-refractivity contribution in [3.63, 3.8) is 0 Å². The first-order chi connectivity index (χ1) is 9.61. The summed E-state index contributed by atoms with van der Waals surface area (Å²) >= 11 is 6.06. The number of thiophene rings is 1. The van der Waals surface area contributed by atoms with Gasteiger partial charge in [-0.15, -0.1) is 21.5 Å². The van der Waals surface area contributed by atoms with Crippen molar-refractivity contribution in [2.75, 3.05) is 5.32 Å². The number of rotatable bonds is 4.